The van der Waals surface area contributed by atoms with E-state index in [0.29, 0.717) is 17.2 Å². The van der Waals surface area contributed by atoms with Gasteiger partial charge in [0, 0.05) is 6.20 Å². The molecule has 0 atom stereocenters. The van der Waals surface area contributed by atoms with Gasteiger partial charge in [0.15, 0.2) is 5.11 Å². The first-order valence-corrected chi connectivity index (χ1v) is 9.91. The predicted octanol–water partition coefficient (Wildman–Crippen LogP) is 4.72. The summed E-state index contributed by atoms with van der Waals surface area (Å²) in [6.07, 6.45) is -2.50. The minimum atomic E-state index is -4.59. The van der Waals surface area contributed by atoms with Crippen molar-refractivity contribution in [2.45, 2.75) is 6.18 Å². The number of ether oxygens (including phenoxy) is 1. The van der Waals surface area contributed by atoms with Crippen molar-refractivity contribution in [1.82, 2.24) is 10.3 Å². The predicted molar refractivity (Wildman–Crippen MR) is 118 cm³/mol. The molecule has 6 nitrogen and oxygen atoms in total. The SMILES string of the molecule is O=C1NC(=S)N(c2ccc(Oc3ccccc3)cc2)C(=O)C1=Cc1ccc(C(F)(F)F)nc1. The average Bonchev–Trinajstić information content (AvgIpc) is 2.78. The van der Waals surface area contributed by atoms with Crippen molar-refractivity contribution in [3.63, 3.8) is 0 Å². The first-order valence-electron chi connectivity index (χ1n) is 9.50. The molecule has 0 unspecified atom stereocenters. The molecule has 33 heavy (non-hydrogen) atoms. The Morgan fingerprint density at radius 1 is 0.939 bits per heavy atom. The highest BCUT2D eigenvalue weighted by molar-refractivity contribution is 7.80. The van der Waals surface area contributed by atoms with E-state index in [2.05, 4.69) is 10.3 Å². The van der Waals surface area contributed by atoms with Crippen LogP contribution in [0.1, 0.15) is 11.3 Å². The Labute approximate surface area is 191 Å². The van der Waals surface area contributed by atoms with Gasteiger partial charge in [-0.3, -0.25) is 24.8 Å². The molecular formula is C23H14F3N3O3S. The average molecular weight is 469 g/mol. The summed E-state index contributed by atoms with van der Waals surface area (Å²) in [6.45, 7) is 0. The van der Waals surface area contributed by atoms with Crippen LogP contribution < -0.4 is 15.0 Å². The molecule has 1 N–H and O–H groups in total. The van der Waals surface area contributed by atoms with Gasteiger partial charge in [-0.1, -0.05) is 24.3 Å². The maximum Gasteiger partial charge on any atom is 0.433 e. The number of rotatable bonds is 4. The number of thiocarbonyl (C=S) groups is 1. The number of nitrogens with one attached hydrogen (secondary N) is 1. The van der Waals surface area contributed by atoms with Crippen LogP contribution in [0.25, 0.3) is 6.08 Å². The number of hydrogen-bond acceptors (Lipinski definition) is 5. The number of anilines is 1. The van der Waals surface area contributed by atoms with Gasteiger partial charge in [0.1, 0.15) is 22.8 Å². The summed E-state index contributed by atoms with van der Waals surface area (Å²) in [5, 5.41) is 2.30. The van der Waals surface area contributed by atoms with Gasteiger partial charge in [-0.2, -0.15) is 13.2 Å². The number of pyridine rings is 1. The summed E-state index contributed by atoms with van der Waals surface area (Å²) in [5.74, 6) is -0.320. The van der Waals surface area contributed by atoms with Gasteiger partial charge in [0.25, 0.3) is 11.8 Å². The lowest BCUT2D eigenvalue weighted by Crippen LogP contribution is -2.54. The Kier molecular flexibility index (Phi) is 5.93. The summed E-state index contributed by atoms with van der Waals surface area (Å²) < 4.78 is 43.8. The molecule has 4 rings (SSSR count). The third-order valence-corrected chi connectivity index (χ3v) is 4.85. The Morgan fingerprint density at radius 2 is 1.61 bits per heavy atom. The van der Waals surface area contributed by atoms with E-state index < -0.39 is 23.7 Å². The maximum atomic E-state index is 13.0. The van der Waals surface area contributed by atoms with Crippen molar-refractivity contribution in [1.29, 1.82) is 0 Å². The van der Waals surface area contributed by atoms with E-state index in [-0.39, 0.29) is 16.2 Å². The minimum Gasteiger partial charge on any atom is -0.457 e. The number of aromatic nitrogens is 1. The number of amides is 2. The number of alkyl halides is 3. The van der Waals surface area contributed by atoms with E-state index in [1.807, 2.05) is 18.2 Å². The third kappa shape index (κ3) is 4.90. The maximum absolute atomic E-state index is 13.0. The standard InChI is InChI=1S/C23H14F3N3O3S/c24-23(25,26)19-11-6-14(13-27-19)12-18-20(30)28-22(33)29(21(18)31)15-7-9-17(10-8-15)32-16-4-2-1-3-5-16/h1-13H,(H,28,30,33). The smallest absolute Gasteiger partial charge is 0.433 e. The highest BCUT2D eigenvalue weighted by atomic mass is 32.1. The second-order valence-corrected chi connectivity index (χ2v) is 7.23. The van der Waals surface area contributed by atoms with E-state index in [4.69, 9.17) is 17.0 Å². The van der Waals surface area contributed by atoms with Gasteiger partial charge in [0.2, 0.25) is 0 Å². The number of benzene rings is 2. The first kappa shape index (κ1) is 22.2. The van der Waals surface area contributed by atoms with Crippen molar-refractivity contribution in [3.05, 3.63) is 89.8 Å². The molecule has 2 amide bonds. The van der Waals surface area contributed by atoms with Crippen LogP contribution in [0, 0.1) is 0 Å². The number of nitrogens with zero attached hydrogens (tertiary/aromatic N) is 2. The van der Waals surface area contributed by atoms with Crippen LogP contribution in [0.15, 0.2) is 78.5 Å². The molecule has 166 valence electrons. The van der Waals surface area contributed by atoms with E-state index in [9.17, 15) is 22.8 Å². The number of carbonyl (C=O) groups excluding carboxylic acids is 2. The molecule has 0 saturated carbocycles. The molecule has 0 bridgehead atoms. The molecule has 0 radical (unpaired) electrons. The van der Waals surface area contributed by atoms with Crippen LogP contribution in [-0.4, -0.2) is 21.9 Å². The van der Waals surface area contributed by atoms with Crippen LogP contribution >= 0.6 is 12.2 Å². The van der Waals surface area contributed by atoms with Crippen molar-refractivity contribution >= 4 is 40.9 Å². The molecule has 2 aromatic carbocycles. The van der Waals surface area contributed by atoms with Crippen molar-refractivity contribution < 1.29 is 27.5 Å². The van der Waals surface area contributed by atoms with E-state index in [1.54, 1.807) is 36.4 Å². The molecule has 0 aliphatic carbocycles. The summed E-state index contributed by atoms with van der Waals surface area (Å²) in [7, 11) is 0. The summed E-state index contributed by atoms with van der Waals surface area (Å²) >= 11 is 5.15. The van der Waals surface area contributed by atoms with Crippen molar-refractivity contribution in [2.75, 3.05) is 4.90 Å². The summed E-state index contributed by atoms with van der Waals surface area (Å²) in [4.78, 5) is 29.8. The van der Waals surface area contributed by atoms with Crippen molar-refractivity contribution in [3.8, 4) is 11.5 Å². The fourth-order valence-electron chi connectivity index (χ4n) is 3.00. The lowest BCUT2D eigenvalue weighted by Gasteiger charge is -2.29. The Morgan fingerprint density at radius 3 is 2.21 bits per heavy atom. The lowest BCUT2D eigenvalue weighted by atomic mass is 10.1. The molecule has 1 aromatic heterocycles. The van der Waals surface area contributed by atoms with E-state index in [0.717, 1.165) is 29.3 Å². The molecule has 10 heteroatoms. The number of hydrogen-bond donors (Lipinski definition) is 1. The third-order valence-electron chi connectivity index (χ3n) is 4.56. The number of halogens is 3. The summed E-state index contributed by atoms with van der Waals surface area (Å²) in [5.41, 5.74) is -0.845. The topological polar surface area (TPSA) is 71.5 Å². The normalized spacial score (nSPS) is 15.5. The van der Waals surface area contributed by atoms with Gasteiger partial charge in [0.05, 0.1) is 5.69 Å². The van der Waals surface area contributed by atoms with Crippen LogP contribution in [0.5, 0.6) is 11.5 Å². The van der Waals surface area contributed by atoms with Crippen LogP contribution in [0.4, 0.5) is 18.9 Å². The molecular weight excluding hydrogens is 455 g/mol. The molecule has 1 aliphatic heterocycles. The van der Waals surface area contributed by atoms with Gasteiger partial charge >= 0.3 is 6.18 Å². The largest absolute Gasteiger partial charge is 0.457 e. The summed E-state index contributed by atoms with van der Waals surface area (Å²) in [6, 6.07) is 17.5. The van der Waals surface area contributed by atoms with Gasteiger partial charge in [-0.25, -0.2) is 0 Å². The highest BCUT2D eigenvalue weighted by Gasteiger charge is 2.35. The molecule has 2 heterocycles. The lowest BCUT2D eigenvalue weighted by molar-refractivity contribution is -0.141. The second kappa shape index (κ2) is 8.83. The Hall–Kier alpha value is -4.05. The molecule has 1 fully saturated rings. The van der Waals surface area contributed by atoms with Gasteiger partial charge < -0.3 is 4.74 Å². The van der Waals surface area contributed by atoms with E-state index >= 15 is 0 Å². The Bertz CT molecular complexity index is 1240. The fraction of sp³-hybridized carbons (Fsp3) is 0.0435. The number of carbonyl (C=O) groups is 2. The zero-order valence-electron chi connectivity index (χ0n) is 16.7. The zero-order valence-corrected chi connectivity index (χ0v) is 17.5. The van der Waals surface area contributed by atoms with Crippen LogP contribution in [0.3, 0.4) is 0 Å². The molecule has 0 spiro atoms. The van der Waals surface area contributed by atoms with Gasteiger partial charge in [-0.15, -0.1) is 0 Å². The molecule has 1 aliphatic rings. The molecule has 3 aromatic rings. The zero-order chi connectivity index (χ0) is 23.6. The first-order chi connectivity index (χ1) is 15.7. The quantitative estimate of drug-likeness (QED) is 0.340. The Balaban J connectivity index is 1.58. The van der Waals surface area contributed by atoms with E-state index in [1.165, 1.54) is 0 Å². The van der Waals surface area contributed by atoms with Crippen LogP contribution in [0.2, 0.25) is 0 Å². The van der Waals surface area contributed by atoms with Crippen molar-refractivity contribution in [2.24, 2.45) is 0 Å². The second-order valence-electron chi connectivity index (χ2n) is 6.84. The minimum absolute atomic E-state index is 0.121. The monoisotopic (exact) mass is 469 g/mol. The molecule has 1 saturated heterocycles. The van der Waals surface area contributed by atoms with Crippen LogP contribution in [-0.2, 0) is 15.8 Å². The fourth-order valence-corrected chi connectivity index (χ4v) is 3.29. The highest BCUT2D eigenvalue weighted by Crippen LogP contribution is 2.29. The van der Waals surface area contributed by atoms with Gasteiger partial charge in [-0.05, 0) is 66.3 Å². The number of para-hydroxylation sites is 1.